The molecular weight excluding hydrogens is 432 g/mol. The van der Waals surface area contributed by atoms with Gasteiger partial charge in [-0.2, -0.15) is 15.1 Å². The molecule has 0 bridgehead atoms. The molecule has 10 heteroatoms. The van der Waals surface area contributed by atoms with Gasteiger partial charge in [0.15, 0.2) is 0 Å². The molecule has 5 heterocycles. The van der Waals surface area contributed by atoms with Crippen LogP contribution in [-0.4, -0.2) is 67.9 Å². The van der Waals surface area contributed by atoms with Crippen LogP contribution in [0.15, 0.2) is 31.2 Å². The van der Waals surface area contributed by atoms with E-state index in [0.717, 1.165) is 55.0 Å². The molecule has 0 spiro atoms. The number of likely N-dealkylation sites (tertiary alicyclic amines) is 1. The topological polar surface area (TPSA) is 113 Å². The molecule has 1 unspecified atom stereocenters. The van der Waals surface area contributed by atoms with Crippen molar-refractivity contribution in [2.45, 2.75) is 50.1 Å². The molecule has 2 saturated heterocycles. The van der Waals surface area contributed by atoms with Crippen LogP contribution in [0.25, 0.3) is 11.0 Å². The Hall–Kier alpha value is -3.40. The highest BCUT2D eigenvalue weighted by molar-refractivity contribution is 5.92. The first-order valence-electron chi connectivity index (χ1n) is 12.1. The molecule has 34 heavy (non-hydrogen) atoms. The summed E-state index contributed by atoms with van der Waals surface area (Å²) in [5, 5.41) is 12.5. The van der Waals surface area contributed by atoms with Gasteiger partial charge in [-0.15, -0.1) is 0 Å². The predicted molar refractivity (Wildman–Crippen MR) is 129 cm³/mol. The number of H-pyrrole nitrogens is 1. The number of fused-ring (bicyclic) bond motifs is 1. The summed E-state index contributed by atoms with van der Waals surface area (Å²) < 4.78 is 7.43. The number of aromatic amines is 1. The SMILES string of the molecule is C=CC(=O)N1CCC[C@@H](Nc2nc(Nc3cnn(C4CCOC4)c3)nc3[nH]cc(C4CC4)c23)C1. The Balaban J connectivity index is 1.28. The largest absolute Gasteiger partial charge is 0.379 e. The molecule has 0 aromatic carbocycles. The maximum atomic E-state index is 12.2. The van der Waals surface area contributed by atoms with Crippen molar-refractivity contribution in [2.24, 2.45) is 0 Å². The Labute approximate surface area is 197 Å². The smallest absolute Gasteiger partial charge is 0.246 e. The molecule has 3 fully saturated rings. The van der Waals surface area contributed by atoms with Gasteiger partial charge in [0.1, 0.15) is 11.5 Å². The number of anilines is 3. The van der Waals surface area contributed by atoms with E-state index in [0.29, 0.717) is 25.0 Å². The van der Waals surface area contributed by atoms with Crippen molar-refractivity contribution in [1.82, 2.24) is 29.6 Å². The van der Waals surface area contributed by atoms with Gasteiger partial charge in [-0.3, -0.25) is 9.48 Å². The average Bonchev–Trinajstić information content (AvgIpc) is 3.23. The number of piperidine rings is 1. The first kappa shape index (κ1) is 21.2. The number of nitrogens with one attached hydrogen (secondary N) is 3. The monoisotopic (exact) mass is 462 g/mol. The molecule has 3 aromatic rings. The second kappa shape index (κ2) is 8.75. The van der Waals surface area contributed by atoms with Gasteiger partial charge < -0.3 is 25.3 Å². The average molecular weight is 463 g/mol. The Kier molecular flexibility index (Phi) is 5.44. The Bertz CT molecular complexity index is 1210. The van der Waals surface area contributed by atoms with Crippen molar-refractivity contribution in [2.75, 3.05) is 36.9 Å². The first-order valence-corrected chi connectivity index (χ1v) is 12.1. The van der Waals surface area contributed by atoms with Crippen molar-refractivity contribution in [3.8, 4) is 0 Å². The quantitative estimate of drug-likeness (QED) is 0.462. The zero-order chi connectivity index (χ0) is 23.1. The van der Waals surface area contributed by atoms with Crippen LogP contribution in [0.4, 0.5) is 17.5 Å². The lowest BCUT2D eigenvalue weighted by atomic mass is 10.0. The van der Waals surface area contributed by atoms with Gasteiger partial charge in [0.2, 0.25) is 11.9 Å². The van der Waals surface area contributed by atoms with E-state index in [1.165, 1.54) is 24.5 Å². The summed E-state index contributed by atoms with van der Waals surface area (Å²) >= 11 is 0. The summed E-state index contributed by atoms with van der Waals surface area (Å²) in [7, 11) is 0. The number of nitrogens with zero attached hydrogens (tertiary/aromatic N) is 5. The molecule has 0 radical (unpaired) electrons. The third kappa shape index (κ3) is 4.13. The minimum absolute atomic E-state index is 0.0216. The van der Waals surface area contributed by atoms with E-state index in [-0.39, 0.29) is 18.0 Å². The van der Waals surface area contributed by atoms with Crippen LogP contribution in [0.2, 0.25) is 0 Å². The zero-order valence-corrected chi connectivity index (χ0v) is 19.2. The van der Waals surface area contributed by atoms with Gasteiger partial charge in [-0.1, -0.05) is 6.58 Å². The lowest BCUT2D eigenvalue weighted by Gasteiger charge is -2.33. The second-order valence-electron chi connectivity index (χ2n) is 9.46. The molecule has 10 nitrogen and oxygen atoms in total. The van der Waals surface area contributed by atoms with Gasteiger partial charge in [-0.05, 0) is 49.7 Å². The van der Waals surface area contributed by atoms with Gasteiger partial charge in [-0.25, -0.2) is 0 Å². The van der Waals surface area contributed by atoms with E-state index in [1.807, 2.05) is 15.8 Å². The van der Waals surface area contributed by atoms with Crippen molar-refractivity contribution >= 4 is 34.4 Å². The van der Waals surface area contributed by atoms with E-state index in [9.17, 15) is 4.79 Å². The van der Waals surface area contributed by atoms with Crippen molar-refractivity contribution < 1.29 is 9.53 Å². The lowest BCUT2D eigenvalue weighted by molar-refractivity contribution is -0.127. The van der Waals surface area contributed by atoms with Crippen LogP contribution >= 0.6 is 0 Å². The Morgan fingerprint density at radius 1 is 1.26 bits per heavy atom. The van der Waals surface area contributed by atoms with Crippen LogP contribution < -0.4 is 10.6 Å². The summed E-state index contributed by atoms with van der Waals surface area (Å²) in [5.74, 6) is 1.86. The van der Waals surface area contributed by atoms with Crippen LogP contribution in [-0.2, 0) is 9.53 Å². The Morgan fingerprint density at radius 2 is 2.18 bits per heavy atom. The van der Waals surface area contributed by atoms with Gasteiger partial charge in [0, 0.05) is 38.1 Å². The van der Waals surface area contributed by atoms with Gasteiger partial charge in [0.05, 0.1) is 29.9 Å². The highest BCUT2D eigenvalue weighted by atomic mass is 16.5. The fraction of sp³-hybridized carbons (Fsp3) is 0.500. The third-order valence-corrected chi connectivity index (χ3v) is 6.97. The highest BCUT2D eigenvalue weighted by Gasteiger charge is 2.30. The van der Waals surface area contributed by atoms with E-state index < -0.39 is 0 Å². The molecule has 3 N–H and O–H groups in total. The number of carbonyl (C=O) groups excluding carboxylic acids is 1. The number of carbonyl (C=O) groups is 1. The van der Waals surface area contributed by atoms with Crippen LogP contribution in [0, 0.1) is 0 Å². The number of aromatic nitrogens is 5. The van der Waals surface area contributed by atoms with Crippen molar-refractivity contribution in [3.05, 3.63) is 36.8 Å². The number of ether oxygens (including phenoxy) is 1. The van der Waals surface area contributed by atoms with E-state index in [2.05, 4.69) is 33.5 Å². The summed E-state index contributed by atoms with van der Waals surface area (Å²) in [6.45, 7) is 6.50. The molecule has 2 atom stereocenters. The van der Waals surface area contributed by atoms with Crippen molar-refractivity contribution in [1.29, 1.82) is 0 Å². The minimum atomic E-state index is -0.0216. The van der Waals surface area contributed by atoms with Crippen LogP contribution in [0.3, 0.4) is 0 Å². The number of hydrogen-bond donors (Lipinski definition) is 3. The predicted octanol–water partition coefficient (Wildman–Crippen LogP) is 3.33. The maximum Gasteiger partial charge on any atom is 0.246 e. The Morgan fingerprint density at radius 3 is 2.97 bits per heavy atom. The number of hydrogen-bond acceptors (Lipinski definition) is 7. The summed E-state index contributed by atoms with van der Waals surface area (Å²) in [5.41, 5.74) is 2.92. The molecule has 2 aliphatic heterocycles. The lowest BCUT2D eigenvalue weighted by Crippen LogP contribution is -2.44. The van der Waals surface area contributed by atoms with Crippen molar-refractivity contribution in [3.63, 3.8) is 0 Å². The van der Waals surface area contributed by atoms with Crippen LogP contribution in [0.1, 0.15) is 49.6 Å². The molecule has 1 amide bonds. The maximum absolute atomic E-state index is 12.2. The van der Waals surface area contributed by atoms with E-state index in [4.69, 9.17) is 14.7 Å². The minimum Gasteiger partial charge on any atom is -0.379 e. The third-order valence-electron chi connectivity index (χ3n) is 6.97. The zero-order valence-electron chi connectivity index (χ0n) is 19.2. The standard InChI is InChI=1S/C24H30N8O2/c1-2-20(33)31-8-3-4-16(12-31)27-23-21-19(15-5-6-15)11-25-22(21)29-24(30-23)28-17-10-26-32(13-17)18-7-9-34-14-18/h2,10-11,13,15-16,18H,1,3-9,12,14H2,(H3,25,27,28,29,30)/t16-,18?/m1/s1. The fourth-order valence-corrected chi connectivity index (χ4v) is 5.01. The summed E-state index contributed by atoms with van der Waals surface area (Å²) in [4.78, 5) is 27.0. The number of rotatable bonds is 7. The molecule has 1 aliphatic carbocycles. The molecule has 1 saturated carbocycles. The fourth-order valence-electron chi connectivity index (χ4n) is 5.01. The van der Waals surface area contributed by atoms with Crippen LogP contribution in [0.5, 0.6) is 0 Å². The van der Waals surface area contributed by atoms with E-state index >= 15 is 0 Å². The normalized spacial score (nSPS) is 22.8. The number of amides is 1. The van der Waals surface area contributed by atoms with Gasteiger partial charge in [0.25, 0.3) is 0 Å². The highest BCUT2D eigenvalue weighted by Crippen LogP contribution is 2.44. The first-order chi connectivity index (χ1) is 16.7. The summed E-state index contributed by atoms with van der Waals surface area (Å²) in [6, 6.07) is 0.392. The summed E-state index contributed by atoms with van der Waals surface area (Å²) in [6.07, 6.45) is 12.5. The molecule has 3 aliphatic rings. The molecule has 178 valence electrons. The van der Waals surface area contributed by atoms with Gasteiger partial charge >= 0.3 is 0 Å². The molecule has 3 aromatic heterocycles. The molecule has 6 rings (SSSR count). The second-order valence-corrected chi connectivity index (χ2v) is 9.46. The van der Waals surface area contributed by atoms with E-state index in [1.54, 1.807) is 6.20 Å². The molecular formula is C24H30N8O2.